The van der Waals surface area contributed by atoms with Crippen molar-refractivity contribution >= 4 is 17.5 Å². The van der Waals surface area contributed by atoms with E-state index in [1.165, 1.54) is 20.6 Å². The van der Waals surface area contributed by atoms with Crippen LogP contribution in [0, 0.1) is 0 Å². The molecule has 0 amide bonds. The molecular formula is C14H17NO4. The van der Waals surface area contributed by atoms with Gasteiger partial charge in [0.2, 0.25) is 0 Å². The first kappa shape index (κ1) is 13.4. The molecule has 0 fully saturated rings. The quantitative estimate of drug-likeness (QED) is 0.851. The standard InChI is InChI=1S/C14H17NO4/c1-18-13(16)10-8-11(9-6-4-3-5-7-9)15-12(10)14(17)19-2/h6,8,15H,3-5,7H2,1-2H3. The average Bonchev–Trinajstić information content (AvgIpc) is 2.91. The molecule has 1 heterocycles. The maximum atomic E-state index is 11.7. The Hall–Kier alpha value is -2.04. The Morgan fingerprint density at radius 2 is 1.89 bits per heavy atom. The zero-order valence-corrected chi connectivity index (χ0v) is 11.1. The van der Waals surface area contributed by atoms with Crippen LogP contribution in [0.4, 0.5) is 0 Å². The number of carbonyl (C=O) groups is 2. The molecule has 1 N–H and O–H groups in total. The Labute approximate surface area is 111 Å². The van der Waals surface area contributed by atoms with Crippen molar-refractivity contribution in [2.24, 2.45) is 0 Å². The van der Waals surface area contributed by atoms with E-state index in [9.17, 15) is 9.59 Å². The van der Waals surface area contributed by atoms with Gasteiger partial charge in [-0.25, -0.2) is 9.59 Å². The summed E-state index contributed by atoms with van der Waals surface area (Å²) in [6, 6.07) is 1.66. The second-order valence-electron chi connectivity index (χ2n) is 4.43. The minimum absolute atomic E-state index is 0.149. The van der Waals surface area contributed by atoms with E-state index >= 15 is 0 Å². The summed E-state index contributed by atoms with van der Waals surface area (Å²) in [4.78, 5) is 26.3. The zero-order valence-electron chi connectivity index (χ0n) is 11.1. The molecule has 102 valence electrons. The van der Waals surface area contributed by atoms with Crippen molar-refractivity contribution < 1.29 is 19.1 Å². The molecule has 5 heteroatoms. The van der Waals surface area contributed by atoms with Crippen LogP contribution in [0.3, 0.4) is 0 Å². The number of allylic oxidation sites excluding steroid dienone is 2. The van der Waals surface area contributed by atoms with Crippen LogP contribution in [0.15, 0.2) is 12.1 Å². The second-order valence-corrected chi connectivity index (χ2v) is 4.43. The predicted octanol–water partition coefficient (Wildman–Crippen LogP) is 2.55. The largest absolute Gasteiger partial charge is 0.465 e. The number of ether oxygens (including phenoxy) is 2. The number of rotatable bonds is 3. The minimum Gasteiger partial charge on any atom is -0.465 e. The fraction of sp³-hybridized carbons (Fsp3) is 0.429. The van der Waals surface area contributed by atoms with E-state index in [0.717, 1.165) is 30.5 Å². The Morgan fingerprint density at radius 1 is 1.16 bits per heavy atom. The first-order chi connectivity index (χ1) is 9.17. The van der Waals surface area contributed by atoms with Gasteiger partial charge in [-0.05, 0) is 37.3 Å². The molecule has 5 nitrogen and oxygen atoms in total. The monoisotopic (exact) mass is 263 g/mol. The third kappa shape index (κ3) is 2.70. The number of esters is 2. The van der Waals surface area contributed by atoms with Gasteiger partial charge < -0.3 is 14.5 Å². The van der Waals surface area contributed by atoms with Gasteiger partial charge >= 0.3 is 11.9 Å². The molecule has 1 aliphatic carbocycles. The maximum Gasteiger partial charge on any atom is 0.355 e. The van der Waals surface area contributed by atoms with Crippen molar-refractivity contribution in [3.8, 4) is 0 Å². The van der Waals surface area contributed by atoms with Crippen molar-refractivity contribution in [3.05, 3.63) is 29.1 Å². The molecule has 0 unspecified atom stereocenters. The summed E-state index contributed by atoms with van der Waals surface area (Å²) in [6.07, 6.45) is 6.40. The van der Waals surface area contributed by atoms with Crippen LogP contribution in [0.1, 0.15) is 52.2 Å². The van der Waals surface area contributed by atoms with Gasteiger partial charge in [-0.15, -0.1) is 0 Å². The van der Waals surface area contributed by atoms with E-state index in [0.29, 0.717) is 0 Å². The molecule has 1 aromatic rings. The molecule has 0 saturated carbocycles. The number of nitrogens with one attached hydrogen (secondary N) is 1. The summed E-state index contributed by atoms with van der Waals surface area (Å²) in [6.45, 7) is 0. The highest BCUT2D eigenvalue weighted by atomic mass is 16.5. The van der Waals surface area contributed by atoms with E-state index in [1.807, 2.05) is 0 Å². The number of aromatic nitrogens is 1. The second kappa shape index (κ2) is 5.73. The highest BCUT2D eigenvalue weighted by Gasteiger charge is 2.23. The van der Waals surface area contributed by atoms with Gasteiger partial charge in [-0.3, -0.25) is 0 Å². The normalized spacial score (nSPS) is 14.7. The fourth-order valence-electron chi connectivity index (χ4n) is 2.24. The van der Waals surface area contributed by atoms with Crippen LogP contribution in [-0.4, -0.2) is 31.1 Å². The van der Waals surface area contributed by atoms with Crippen LogP contribution < -0.4 is 0 Å². The van der Waals surface area contributed by atoms with Gasteiger partial charge in [0.1, 0.15) is 5.69 Å². The highest BCUT2D eigenvalue weighted by Crippen LogP contribution is 2.28. The number of carbonyl (C=O) groups excluding carboxylic acids is 2. The van der Waals surface area contributed by atoms with Gasteiger partial charge in [0.25, 0.3) is 0 Å². The third-order valence-electron chi connectivity index (χ3n) is 3.25. The number of methoxy groups -OCH3 is 2. The summed E-state index contributed by atoms with van der Waals surface area (Å²) in [7, 11) is 2.57. The predicted molar refractivity (Wildman–Crippen MR) is 69.9 cm³/mol. The maximum absolute atomic E-state index is 11.7. The molecule has 0 aliphatic heterocycles. The van der Waals surface area contributed by atoms with Crippen molar-refractivity contribution in [2.75, 3.05) is 14.2 Å². The summed E-state index contributed by atoms with van der Waals surface area (Å²) in [5.74, 6) is -1.11. The van der Waals surface area contributed by atoms with Crippen molar-refractivity contribution in [3.63, 3.8) is 0 Å². The molecular weight excluding hydrogens is 246 g/mol. The first-order valence-electron chi connectivity index (χ1n) is 6.26. The third-order valence-corrected chi connectivity index (χ3v) is 3.25. The molecule has 1 aliphatic rings. The molecule has 0 atom stereocenters. The van der Waals surface area contributed by atoms with Gasteiger partial charge in [-0.1, -0.05) is 6.08 Å². The van der Waals surface area contributed by atoms with Crippen LogP contribution in [0.25, 0.3) is 5.57 Å². The SMILES string of the molecule is COC(=O)c1cc(C2=CCCCC2)[nH]c1C(=O)OC. The Morgan fingerprint density at radius 3 is 2.47 bits per heavy atom. The van der Waals surface area contributed by atoms with Crippen molar-refractivity contribution in [1.29, 1.82) is 0 Å². The van der Waals surface area contributed by atoms with Crippen molar-refractivity contribution in [2.45, 2.75) is 25.7 Å². The molecule has 0 saturated heterocycles. The Bertz CT molecular complexity index is 494. The molecule has 2 rings (SSSR count). The lowest BCUT2D eigenvalue weighted by molar-refractivity contribution is 0.0552. The fourth-order valence-corrected chi connectivity index (χ4v) is 2.24. The molecule has 1 aromatic heterocycles. The van der Waals surface area contributed by atoms with Crippen molar-refractivity contribution in [1.82, 2.24) is 4.98 Å². The van der Waals surface area contributed by atoms with E-state index in [1.54, 1.807) is 6.07 Å². The molecule has 0 bridgehead atoms. The zero-order chi connectivity index (χ0) is 13.8. The van der Waals surface area contributed by atoms with Crippen LogP contribution >= 0.6 is 0 Å². The number of aromatic amines is 1. The van der Waals surface area contributed by atoms with Gasteiger partial charge in [0, 0.05) is 5.69 Å². The molecule has 0 spiro atoms. The Balaban J connectivity index is 2.42. The number of hydrogen-bond acceptors (Lipinski definition) is 4. The lowest BCUT2D eigenvalue weighted by Crippen LogP contribution is -2.10. The summed E-state index contributed by atoms with van der Waals surface area (Å²) in [5.41, 5.74) is 2.29. The van der Waals surface area contributed by atoms with Crippen LogP contribution in [0.5, 0.6) is 0 Å². The molecule has 0 aromatic carbocycles. The number of hydrogen-bond donors (Lipinski definition) is 1. The van der Waals surface area contributed by atoms with E-state index in [-0.39, 0.29) is 11.3 Å². The summed E-state index contributed by atoms with van der Waals surface area (Å²) < 4.78 is 9.36. The smallest absolute Gasteiger partial charge is 0.355 e. The van der Waals surface area contributed by atoms with E-state index in [4.69, 9.17) is 0 Å². The Kier molecular flexibility index (Phi) is 4.04. The highest BCUT2D eigenvalue weighted by molar-refractivity contribution is 6.03. The topological polar surface area (TPSA) is 68.4 Å². The average molecular weight is 263 g/mol. The van der Waals surface area contributed by atoms with Crippen LogP contribution in [-0.2, 0) is 9.47 Å². The lowest BCUT2D eigenvalue weighted by Gasteiger charge is -2.10. The summed E-state index contributed by atoms with van der Waals surface area (Å²) >= 11 is 0. The summed E-state index contributed by atoms with van der Waals surface area (Å²) in [5, 5.41) is 0. The van der Waals surface area contributed by atoms with E-state index < -0.39 is 11.9 Å². The van der Waals surface area contributed by atoms with E-state index in [2.05, 4.69) is 20.5 Å². The van der Waals surface area contributed by atoms with Gasteiger partial charge in [0.15, 0.2) is 0 Å². The number of H-pyrrole nitrogens is 1. The van der Waals surface area contributed by atoms with Gasteiger partial charge in [-0.2, -0.15) is 0 Å². The lowest BCUT2D eigenvalue weighted by atomic mass is 9.97. The van der Waals surface area contributed by atoms with Crippen LogP contribution in [0.2, 0.25) is 0 Å². The first-order valence-corrected chi connectivity index (χ1v) is 6.26. The van der Waals surface area contributed by atoms with Gasteiger partial charge in [0.05, 0.1) is 19.8 Å². The minimum atomic E-state index is -0.567. The molecule has 0 radical (unpaired) electrons. The molecule has 19 heavy (non-hydrogen) atoms.